The van der Waals surface area contributed by atoms with Crippen molar-refractivity contribution < 1.29 is 4.79 Å². The first-order valence-electron chi connectivity index (χ1n) is 9.05. The Labute approximate surface area is 169 Å². The molecule has 3 rings (SSSR count). The first-order chi connectivity index (χ1) is 13.7. The summed E-state index contributed by atoms with van der Waals surface area (Å²) in [7, 11) is 1.90. The van der Waals surface area contributed by atoms with Crippen molar-refractivity contribution >= 4 is 34.0 Å². The lowest BCUT2D eigenvalue weighted by Crippen LogP contribution is -2.52. The minimum atomic E-state index is -0.254. The maximum absolute atomic E-state index is 12.4. The van der Waals surface area contributed by atoms with E-state index in [0.29, 0.717) is 10.7 Å². The number of fused-ring (bicyclic) bond motifs is 1. The highest BCUT2D eigenvalue weighted by Gasteiger charge is 2.11. The number of likely N-dealkylation sites (N-methyl/N-ethyl adjacent to an activating group) is 1. The summed E-state index contributed by atoms with van der Waals surface area (Å²) in [5.74, 6) is -0.254. The number of benzene rings is 2. The third-order valence-electron chi connectivity index (χ3n) is 4.30. The molecule has 1 aromatic heterocycles. The van der Waals surface area contributed by atoms with Crippen LogP contribution in [0.25, 0.3) is 10.8 Å². The first kappa shape index (κ1) is 19.7. The molecule has 1 atom stereocenters. The van der Waals surface area contributed by atoms with E-state index in [4.69, 9.17) is 12.2 Å². The van der Waals surface area contributed by atoms with Crippen LogP contribution in [0.4, 0.5) is 0 Å². The number of thiocarbonyl (C=S) groups is 1. The Morgan fingerprint density at radius 3 is 2.68 bits per heavy atom. The van der Waals surface area contributed by atoms with Crippen LogP contribution in [-0.2, 0) is 6.42 Å². The number of hydrazine groups is 1. The van der Waals surface area contributed by atoms with E-state index >= 15 is 0 Å². The van der Waals surface area contributed by atoms with Crippen molar-refractivity contribution in [1.29, 1.82) is 0 Å². The Kier molecular flexibility index (Phi) is 6.89. The van der Waals surface area contributed by atoms with Gasteiger partial charge in [-0.3, -0.25) is 20.6 Å². The van der Waals surface area contributed by atoms with Crippen molar-refractivity contribution in [2.75, 3.05) is 13.6 Å². The van der Waals surface area contributed by atoms with Crippen LogP contribution in [0.5, 0.6) is 0 Å². The molecule has 0 fully saturated rings. The molecule has 3 aromatic rings. The SMILES string of the molecule is CNC[C@H](Cc1ccccc1)NC(=S)NNC(=O)c1ccc2cnccc2c1. The Balaban J connectivity index is 1.54. The smallest absolute Gasteiger partial charge is 0.269 e. The van der Waals surface area contributed by atoms with Gasteiger partial charge in [0.1, 0.15) is 0 Å². The minimum Gasteiger partial charge on any atom is -0.357 e. The van der Waals surface area contributed by atoms with Gasteiger partial charge >= 0.3 is 0 Å². The van der Waals surface area contributed by atoms with Gasteiger partial charge < -0.3 is 10.6 Å². The molecule has 0 aliphatic heterocycles. The van der Waals surface area contributed by atoms with Gasteiger partial charge in [0.05, 0.1) is 0 Å². The second-order valence-electron chi connectivity index (χ2n) is 6.43. The summed E-state index contributed by atoms with van der Waals surface area (Å²) in [6, 6.07) is 17.6. The maximum atomic E-state index is 12.4. The number of aromatic nitrogens is 1. The summed E-state index contributed by atoms with van der Waals surface area (Å²) in [6.45, 7) is 0.739. The van der Waals surface area contributed by atoms with Crippen molar-refractivity contribution in [1.82, 2.24) is 26.5 Å². The normalized spacial score (nSPS) is 11.6. The summed E-state index contributed by atoms with van der Waals surface area (Å²) >= 11 is 5.33. The number of amides is 1. The lowest BCUT2D eigenvalue weighted by Gasteiger charge is -2.21. The fourth-order valence-electron chi connectivity index (χ4n) is 2.95. The average molecular weight is 394 g/mol. The van der Waals surface area contributed by atoms with Gasteiger partial charge in [0.25, 0.3) is 5.91 Å². The van der Waals surface area contributed by atoms with Gasteiger partial charge in [0.15, 0.2) is 5.11 Å². The van der Waals surface area contributed by atoms with Crippen molar-refractivity contribution in [2.45, 2.75) is 12.5 Å². The number of carbonyl (C=O) groups excluding carboxylic acids is 1. The lowest BCUT2D eigenvalue weighted by molar-refractivity contribution is 0.0943. The fourth-order valence-corrected chi connectivity index (χ4v) is 3.17. The van der Waals surface area contributed by atoms with Crippen LogP contribution in [0.2, 0.25) is 0 Å². The van der Waals surface area contributed by atoms with Crippen LogP contribution >= 0.6 is 12.2 Å². The molecule has 0 aliphatic rings. The number of pyridine rings is 1. The van der Waals surface area contributed by atoms with Crippen molar-refractivity contribution in [3.8, 4) is 0 Å². The van der Waals surface area contributed by atoms with E-state index in [1.54, 1.807) is 18.5 Å². The third-order valence-corrected chi connectivity index (χ3v) is 4.52. The quantitative estimate of drug-likeness (QED) is 0.380. The molecular weight excluding hydrogens is 370 g/mol. The Hall–Kier alpha value is -3.03. The predicted molar refractivity (Wildman–Crippen MR) is 116 cm³/mol. The molecule has 0 unspecified atom stereocenters. The van der Waals surface area contributed by atoms with Crippen molar-refractivity contribution in [2.24, 2.45) is 0 Å². The van der Waals surface area contributed by atoms with Gasteiger partial charge in [-0.05, 0) is 54.8 Å². The molecule has 0 bridgehead atoms. The molecule has 1 amide bonds. The van der Waals surface area contributed by atoms with Crippen LogP contribution in [-0.4, -0.2) is 35.6 Å². The average Bonchev–Trinajstić information content (AvgIpc) is 2.72. The Bertz CT molecular complexity index is 948. The maximum Gasteiger partial charge on any atom is 0.269 e. The third kappa shape index (κ3) is 5.48. The summed E-state index contributed by atoms with van der Waals surface area (Å²) in [5.41, 5.74) is 7.19. The second kappa shape index (κ2) is 9.77. The summed E-state index contributed by atoms with van der Waals surface area (Å²) in [5, 5.41) is 8.71. The Morgan fingerprint density at radius 2 is 1.89 bits per heavy atom. The van der Waals surface area contributed by atoms with E-state index in [1.165, 1.54) is 5.56 Å². The van der Waals surface area contributed by atoms with Crippen LogP contribution < -0.4 is 21.5 Å². The summed E-state index contributed by atoms with van der Waals surface area (Å²) < 4.78 is 0. The van der Waals surface area contributed by atoms with Crippen LogP contribution in [0.3, 0.4) is 0 Å². The molecule has 28 heavy (non-hydrogen) atoms. The zero-order valence-corrected chi connectivity index (χ0v) is 16.4. The van der Waals surface area contributed by atoms with Crippen LogP contribution in [0, 0.1) is 0 Å². The standard InChI is InChI=1S/C21H23N5OS/c1-22-14-19(11-15-5-3-2-4-6-15)24-21(28)26-25-20(27)17-7-8-18-13-23-10-9-16(18)12-17/h2-10,12-13,19,22H,11,14H2,1H3,(H,25,27)(H2,24,26,28)/t19-/m0/s1. The van der Waals surface area contributed by atoms with Gasteiger partial charge in [0.2, 0.25) is 0 Å². The number of rotatable bonds is 6. The van der Waals surface area contributed by atoms with Gasteiger partial charge in [0, 0.05) is 35.9 Å². The summed E-state index contributed by atoms with van der Waals surface area (Å²) in [6.07, 6.45) is 4.29. The fraction of sp³-hybridized carbons (Fsp3) is 0.190. The number of hydrogen-bond donors (Lipinski definition) is 4. The van der Waals surface area contributed by atoms with E-state index in [9.17, 15) is 4.79 Å². The van der Waals surface area contributed by atoms with Crippen molar-refractivity contribution in [3.05, 3.63) is 78.1 Å². The van der Waals surface area contributed by atoms with Gasteiger partial charge in [-0.25, -0.2) is 0 Å². The summed E-state index contributed by atoms with van der Waals surface area (Å²) in [4.78, 5) is 16.5. The molecule has 0 aliphatic carbocycles. The molecule has 0 radical (unpaired) electrons. The Morgan fingerprint density at radius 1 is 1.07 bits per heavy atom. The molecule has 0 spiro atoms. The van der Waals surface area contributed by atoms with Crippen LogP contribution in [0.1, 0.15) is 15.9 Å². The molecular formula is C21H23N5OS. The molecule has 7 heteroatoms. The number of hydrogen-bond acceptors (Lipinski definition) is 4. The number of nitrogens with one attached hydrogen (secondary N) is 4. The lowest BCUT2D eigenvalue weighted by atomic mass is 10.1. The molecule has 144 valence electrons. The molecule has 4 N–H and O–H groups in total. The van der Waals surface area contributed by atoms with Gasteiger partial charge in [-0.2, -0.15) is 0 Å². The van der Waals surface area contributed by atoms with Gasteiger partial charge in [-0.15, -0.1) is 0 Å². The molecule has 6 nitrogen and oxygen atoms in total. The van der Waals surface area contributed by atoms with E-state index in [0.717, 1.165) is 23.7 Å². The monoisotopic (exact) mass is 393 g/mol. The molecule has 1 heterocycles. The topological polar surface area (TPSA) is 78.1 Å². The van der Waals surface area contributed by atoms with Crippen molar-refractivity contribution in [3.63, 3.8) is 0 Å². The number of carbonyl (C=O) groups is 1. The highest BCUT2D eigenvalue weighted by molar-refractivity contribution is 7.80. The van der Waals surface area contributed by atoms with E-state index in [1.807, 2.05) is 43.4 Å². The highest BCUT2D eigenvalue weighted by Crippen LogP contribution is 2.14. The zero-order chi connectivity index (χ0) is 19.8. The zero-order valence-electron chi connectivity index (χ0n) is 15.6. The van der Waals surface area contributed by atoms with Gasteiger partial charge in [-0.1, -0.05) is 36.4 Å². The largest absolute Gasteiger partial charge is 0.357 e. The molecule has 0 saturated carbocycles. The minimum absolute atomic E-state index is 0.0949. The highest BCUT2D eigenvalue weighted by atomic mass is 32.1. The predicted octanol–water partition coefficient (Wildman–Crippen LogP) is 2.17. The first-order valence-corrected chi connectivity index (χ1v) is 9.45. The number of nitrogens with zero attached hydrogens (tertiary/aromatic N) is 1. The van der Waals surface area contributed by atoms with E-state index < -0.39 is 0 Å². The van der Waals surface area contributed by atoms with E-state index in [2.05, 4.69) is 38.6 Å². The second-order valence-corrected chi connectivity index (χ2v) is 6.84. The molecule has 0 saturated heterocycles. The molecule has 2 aromatic carbocycles. The van der Waals surface area contributed by atoms with E-state index in [-0.39, 0.29) is 11.9 Å². The van der Waals surface area contributed by atoms with Crippen LogP contribution in [0.15, 0.2) is 67.0 Å².